The van der Waals surface area contributed by atoms with E-state index in [4.69, 9.17) is 18.5 Å². The van der Waals surface area contributed by atoms with Gasteiger partial charge in [-0.05, 0) is 25.0 Å². The highest BCUT2D eigenvalue weighted by Gasteiger charge is 2.46. The molecule has 0 amide bonds. The number of carbonyl (C=O) groups is 1. The summed E-state index contributed by atoms with van der Waals surface area (Å²) in [5, 5.41) is 23.8. The number of ether oxygens (including phenoxy) is 2. The number of aliphatic hydroxyl groups excluding tert-OH is 2. The van der Waals surface area contributed by atoms with Crippen molar-refractivity contribution in [1.82, 2.24) is 14.6 Å². The van der Waals surface area contributed by atoms with Crippen molar-refractivity contribution >= 4 is 13.7 Å². The van der Waals surface area contributed by atoms with Crippen molar-refractivity contribution in [3.63, 3.8) is 0 Å². The Morgan fingerprint density at radius 2 is 1.92 bits per heavy atom. The van der Waals surface area contributed by atoms with Crippen LogP contribution in [0.25, 0.3) is 0 Å². The second kappa shape index (κ2) is 12.5. The average Bonchev–Trinajstić information content (AvgIpc) is 3.16. The summed E-state index contributed by atoms with van der Waals surface area (Å²) in [6.07, 6.45) is -4.78. The molecule has 1 aromatic carbocycles. The molecule has 4 N–H and O–H groups in total. The van der Waals surface area contributed by atoms with Crippen LogP contribution in [0.4, 0.5) is 0 Å². The van der Waals surface area contributed by atoms with E-state index < -0.39 is 62.2 Å². The molecule has 14 heteroatoms. The summed E-state index contributed by atoms with van der Waals surface area (Å²) in [7, 11) is -3.12. The molecule has 0 saturated carbocycles. The molecule has 1 aliphatic heterocycles. The van der Waals surface area contributed by atoms with E-state index in [0.29, 0.717) is 0 Å². The first kappa shape index (κ1) is 29.3. The first-order valence-corrected chi connectivity index (χ1v) is 13.2. The van der Waals surface area contributed by atoms with Gasteiger partial charge < -0.3 is 24.2 Å². The van der Waals surface area contributed by atoms with E-state index in [0.717, 1.165) is 10.8 Å². The number of para-hydroxylation sites is 1. The SMILES string of the molecule is CC#Cc1cn(C2OC(COP(=O)(NC(C(=O)OC)C(C)C)Oc3ccccc3)C(O)C2O)c(=O)[nH]c1=O. The van der Waals surface area contributed by atoms with Gasteiger partial charge in [-0.1, -0.05) is 38.0 Å². The van der Waals surface area contributed by atoms with Crippen molar-refractivity contribution in [1.29, 1.82) is 0 Å². The zero-order valence-corrected chi connectivity index (χ0v) is 22.1. The Morgan fingerprint density at radius 1 is 1.24 bits per heavy atom. The molecule has 2 heterocycles. The van der Waals surface area contributed by atoms with E-state index in [2.05, 4.69) is 21.9 Å². The Labute approximate surface area is 218 Å². The maximum atomic E-state index is 13.7. The number of esters is 1. The first-order valence-electron chi connectivity index (χ1n) is 11.6. The Hall–Kier alpha value is -3.24. The lowest BCUT2D eigenvalue weighted by Crippen LogP contribution is -2.42. The molecule has 0 radical (unpaired) electrons. The number of aromatic amines is 1. The van der Waals surface area contributed by atoms with Crippen molar-refractivity contribution in [2.24, 2.45) is 5.92 Å². The number of aliphatic hydroxyl groups is 2. The number of methoxy groups -OCH3 is 1. The van der Waals surface area contributed by atoms with Gasteiger partial charge >= 0.3 is 19.4 Å². The number of H-pyrrole nitrogens is 1. The van der Waals surface area contributed by atoms with Crippen LogP contribution in [0.1, 0.15) is 32.6 Å². The normalized spacial score (nSPS) is 23.2. The number of aromatic nitrogens is 2. The van der Waals surface area contributed by atoms with E-state index in [1.54, 1.807) is 32.0 Å². The van der Waals surface area contributed by atoms with Crippen LogP contribution in [0, 0.1) is 17.8 Å². The molecule has 13 nitrogen and oxygen atoms in total. The van der Waals surface area contributed by atoms with Crippen molar-refractivity contribution in [3.05, 3.63) is 62.9 Å². The lowest BCUT2D eigenvalue weighted by Gasteiger charge is -2.27. The standard InChI is InChI=1S/C24H30N3O10P/c1-5-9-15-12-27(24(32)25-21(15)30)22-20(29)19(28)17(36-22)13-35-38(33,37-16-10-7-6-8-11-16)26-18(14(2)3)23(31)34-4/h6-8,10-12,14,17-20,22,28-29H,13H2,1-4H3,(H,26,33)(H,25,30,32). The van der Waals surface area contributed by atoms with Gasteiger partial charge in [-0.3, -0.25) is 23.7 Å². The Bertz CT molecular complexity index is 1350. The molecular formula is C24H30N3O10P. The van der Waals surface area contributed by atoms with Crippen LogP contribution in [-0.4, -0.2) is 63.8 Å². The van der Waals surface area contributed by atoms with Crippen LogP contribution < -0.4 is 20.9 Å². The van der Waals surface area contributed by atoms with Gasteiger partial charge in [-0.2, -0.15) is 5.09 Å². The third kappa shape index (κ3) is 6.79. The summed E-state index contributed by atoms with van der Waals surface area (Å²) in [5.41, 5.74) is -1.67. The molecule has 0 spiro atoms. The molecule has 0 bridgehead atoms. The molecule has 206 valence electrons. The van der Waals surface area contributed by atoms with Crippen LogP contribution in [0.15, 0.2) is 46.1 Å². The molecule has 3 rings (SSSR count). The van der Waals surface area contributed by atoms with Crippen LogP contribution >= 0.6 is 7.75 Å². The molecule has 6 unspecified atom stereocenters. The number of hydrogen-bond acceptors (Lipinski definition) is 10. The summed E-state index contributed by atoms with van der Waals surface area (Å²) in [4.78, 5) is 38.7. The van der Waals surface area contributed by atoms with Gasteiger partial charge in [0.1, 0.15) is 35.7 Å². The summed E-state index contributed by atoms with van der Waals surface area (Å²) in [5.74, 6) is 4.18. The highest BCUT2D eigenvalue weighted by Crippen LogP contribution is 2.46. The van der Waals surface area contributed by atoms with Crippen molar-refractivity contribution in [2.75, 3.05) is 13.7 Å². The quantitative estimate of drug-likeness (QED) is 0.184. The average molecular weight is 551 g/mol. The fourth-order valence-electron chi connectivity index (χ4n) is 3.65. The minimum Gasteiger partial charge on any atom is -0.468 e. The number of hydrogen-bond donors (Lipinski definition) is 4. The lowest BCUT2D eigenvalue weighted by molar-refractivity contribution is -0.143. The van der Waals surface area contributed by atoms with Crippen molar-refractivity contribution in [3.8, 4) is 17.6 Å². The predicted molar refractivity (Wildman–Crippen MR) is 134 cm³/mol. The Balaban J connectivity index is 1.85. The monoisotopic (exact) mass is 551 g/mol. The molecule has 1 aliphatic rings. The Kier molecular flexibility index (Phi) is 9.67. The first-order chi connectivity index (χ1) is 18.0. The molecule has 0 aliphatic carbocycles. The zero-order chi connectivity index (χ0) is 28.0. The second-order valence-corrected chi connectivity index (χ2v) is 10.4. The maximum absolute atomic E-state index is 13.7. The largest absolute Gasteiger partial charge is 0.468 e. The van der Waals surface area contributed by atoms with Crippen LogP contribution in [0.5, 0.6) is 5.75 Å². The smallest absolute Gasteiger partial charge is 0.459 e. The molecule has 1 aromatic heterocycles. The zero-order valence-electron chi connectivity index (χ0n) is 21.2. The van der Waals surface area contributed by atoms with Crippen molar-refractivity contribution in [2.45, 2.75) is 51.4 Å². The summed E-state index contributed by atoms with van der Waals surface area (Å²) < 4.78 is 36.2. The minimum atomic E-state index is -4.30. The summed E-state index contributed by atoms with van der Waals surface area (Å²) in [6.45, 7) is 4.33. The van der Waals surface area contributed by atoms with Gasteiger partial charge in [0, 0.05) is 6.20 Å². The van der Waals surface area contributed by atoms with Crippen LogP contribution in [0.3, 0.4) is 0 Å². The number of rotatable bonds is 10. The number of nitrogens with one attached hydrogen (secondary N) is 2. The van der Waals surface area contributed by atoms with Crippen LogP contribution in [-0.2, 0) is 23.4 Å². The maximum Gasteiger partial charge on any atom is 0.459 e. The molecular weight excluding hydrogens is 521 g/mol. The number of carbonyl (C=O) groups excluding carboxylic acids is 1. The Morgan fingerprint density at radius 3 is 2.53 bits per heavy atom. The third-order valence-corrected chi connectivity index (χ3v) is 7.17. The van der Waals surface area contributed by atoms with Crippen LogP contribution in [0.2, 0.25) is 0 Å². The fourth-order valence-corrected chi connectivity index (χ4v) is 5.31. The topological polar surface area (TPSA) is 178 Å². The fraction of sp³-hybridized carbons (Fsp3) is 0.458. The highest BCUT2D eigenvalue weighted by atomic mass is 31.2. The van der Waals surface area contributed by atoms with E-state index in [-0.39, 0.29) is 17.2 Å². The molecule has 38 heavy (non-hydrogen) atoms. The summed E-state index contributed by atoms with van der Waals surface area (Å²) >= 11 is 0. The van der Waals surface area contributed by atoms with E-state index >= 15 is 0 Å². The summed E-state index contributed by atoms with van der Waals surface area (Å²) in [6, 6.07) is 6.99. The van der Waals surface area contributed by atoms with Crippen molar-refractivity contribution < 1.29 is 38.1 Å². The highest BCUT2D eigenvalue weighted by molar-refractivity contribution is 7.52. The van der Waals surface area contributed by atoms with Gasteiger partial charge in [-0.25, -0.2) is 9.36 Å². The number of benzene rings is 1. The second-order valence-electron chi connectivity index (χ2n) is 8.70. The predicted octanol–water partition coefficient (Wildman–Crippen LogP) is 0.518. The third-order valence-electron chi connectivity index (χ3n) is 5.64. The molecule has 6 atom stereocenters. The lowest BCUT2D eigenvalue weighted by atomic mass is 10.1. The van der Waals surface area contributed by atoms with Gasteiger partial charge in [0.15, 0.2) is 6.23 Å². The van der Waals surface area contributed by atoms with E-state index in [1.807, 2.05) is 0 Å². The van der Waals surface area contributed by atoms with Gasteiger partial charge in [0.25, 0.3) is 5.56 Å². The molecule has 2 aromatic rings. The van der Waals surface area contributed by atoms with E-state index in [9.17, 15) is 29.2 Å². The molecule has 1 saturated heterocycles. The van der Waals surface area contributed by atoms with Gasteiger partial charge in [0.2, 0.25) is 0 Å². The minimum absolute atomic E-state index is 0.0513. The van der Waals surface area contributed by atoms with E-state index in [1.165, 1.54) is 26.2 Å². The molecule has 1 fully saturated rings. The number of nitrogens with zero attached hydrogens (tertiary/aromatic N) is 1. The van der Waals surface area contributed by atoms with Gasteiger partial charge in [-0.15, -0.1) is 5.92 Å². The van der Waals surface area contributed by atoms with Gasteiger partial charge in [0.05, 0.1) is 13.7 Å².